The predicted molar refractivity (Wildman–Crippen MR) is 76.2 cm³/mol. The minimum atomic E-state index is 0.129. The van der Waals surface area contributed by atoms with Gasteiger partial charge in [-0.1, -0.05) is 18.2 Å². The van der Waals surface area contributed by atoms with Crippen LogP contribution in [-0.4, -0.2) is 37.6 Å². The summed E-state index contributed by atoms with van der Waals surface area (Å²) in [6.45, 7) is 3.68. The highest BCUT2D eigenvalue weighted by molar-refractivity contribution is 5.94. The van der Waals surface area contributed by atoms with E-state index in [1.165, 1.54) is 18.4 Å². The molecule has 2 amide bonds. The number of nitrogens with zero attached hydrogens (tertiary/aromatic N) is 2. The molecular formula is C15H21N3O. The molecule has 19 heavy (non-hydrogen) atoms. The van der Waals surface area contributed by atoms with Crippen molar-refractivity contribution >= 4 is 11.7 Å². The van der Waals surface area contributed by atoms with Crippen molar-refractivity contribution in [2.24, 2.45) is 5.92 Å². The highest BCUT2D eigenvalue weighted by Gasteiger charge is 2.29. The average molecular weight is 259 g/mol. The molecule has 1 atom stereocenters. The van der Waals surface area contributed by atoms with Crippen LogP contribution < -0.4 is 10.2 Å². The summed E-state index contributed by atoms with van der Waals surface area (Å²) in [5.74, 6) is 0.567. The third-order valence-corrected chi connectivity index (χ3v) is 4.09. The van der Waals surface area contributed by atoms with E-state index in [0.29, 0.717) is 12.5 Å². The zero-order valence-electron chi connectivity index (χ0n) is 11.4. The third kappa shape index (κ3) is 2.45. The van der Waals surface area contributed by atoms with Crippen LogP contribution in [0.3, 0.4) is 0 Å². The van der Waals surface area contributed by atoms with Gasteiger partial charge >= 0.3 is 6.03 Å². The van der Waals surface area contributed by atoms with Gasteiger partial charge in [0.05, 0.1) is 5.69 Å². The molecule has 0 aliphatic carbocycles. The molecule has 1 N–H and O–H groups in total. The van der Waals surface area contributed by atoms with Gasteiger partial charge in [-0.15, -0.1) is 0 Å². The lowest BCUT2D eigenvalue weighted by Crippen LogP contribution is -2.49. The summed E-state index contributed by atoms with van der Waals surface area (Å²) in [5, 5.41) is 3.42. The molecule has 1 saturated heterocycles. The van der Waals surface area contributed by atoms with Crippen molar-refractivity contribution in [1.82, 2.24) is 10.2 Å². The number of anilines is 1. The summed E-state index contributed by atoms with van der Waals surface area (Å²) in [6, 6.07) is 8.37. The Kier molecular flexibility index (Phi) is 3.42. The van der Waals surface area contributed by atoms with Gasteiger partial charge in [0.25, 0.3) is 0 Å². The number of carbonyl (C=O) groups excluding carboxylic acids is 1. The molecule has 0 bridgehead atoms. The van der Waals surface area contributed by atoms with E-state index in [2.05, 4.69) is 17.4 Å². The molecular weight excluding hydrogens is 238 g/mol. The summed E-state index contributed by atoms with van der Waals surface area (Å²) in [4.78, 5) is 16.2. The second-order valence-electron chi connectivity index (χ2n) is 5.59. The van der Waals surface area contributed by atoms with Gasteiger partial charge < -0.3 is 10.2 Å². The van der Waals surface area contributed by atoms with E-state index in [9.17, 15) is 4.79 Å². The zero-order valence-corrected chi connectivity index (χ0v) is 11.4. The molecule has 0 spiro atoms. The number of urea groups is 1. The van der Waals surface area contributed by atoms with Crippen molar-refractivity contribution in [2.45, 2.75) is 19.4 Å². The first-order valence-electron chi connectivity index (χ1n) is 7.07. The number of hydrogen-bond acceptors (Lipinski definition) is 2. The number of carbonyl (C=O) groups is 1. The molecule has 102 valence electrons. The van der Waals surface area contributed by atoms with Crippen molar-refractivity contribution in [3.05, 3.63) is 29.8 Å². The van der Waals surface area contributed by atoms with E-state index in [0.717, 1.165) is 25.3 Å². The predicted octanol–water partition coefficient (Wildman–Crippen LogP) is 2.06. The number of nitrogens with one attached hydrogen (secondary N) is 1. The fraction of sp³-hybridized carbons (Fsp3) is 0.533. The summed E-state index contributed by atoms with van der Waals surface area (Å²) in [6.07, 6.45) is 2.42. The maximum absolute atomic E-state index is 12.4. The van der Waals surface area contributed by atoms with E-state index >= 15 is 0 Å². The summed E-state index contributed by atoms with van der Waals surface area (Å²) in [5.41, 5.74) is 2.34. The van der Waals surface area contributed by atoms with Gasteiger partial charge in [-0.05, 0) is 43.5 Å². The van der Waals surface area contributed by atoms with Crippen molar-refractivity contribution in [3.63, 3.8) is 0 Å². The van der Waals surface area contributed by atoms with Crippen molar-refractivity contribution in [1.29, 1.82) is 0 Å². The number of piperidine rings is 1. The standard InChI is InChI=1S/C15H21N3O/c1-17-11-13-6-2-3-7-14(13)18(15(17)19)10-12-5-4-8-16-9-12/h2-3,6-7,12,16H,4-5,8-11H2,1H3. The van der Waals surface area contributed by atoms with Gasteiger partial charge in [0.2, 0.25) is 0 Å². The maximum atomic E-state index is 12.4. The fourth-order valence-corrected chi connectivity index (χ4v) is 3.05. The Labute approximate surface area is 114 Å². The Hall–Kier alpha value is -1.55. The second-order valence-corrected chi connectivity index (χ2v) is 5.59. The summed E-state index contributed by atoms with van der Waals surface area (Å²) >= 11 is 0. The minimum absolute atomic E-state index is 0.129. The molecule has 1 fully saturated rings. The maximum Gasteiger partial charge on any atom is 0.324 e. The van der Waals surface area contributed by atoms with E-state index < -0.39 is 0 Å². The van der Waals surface area contributed by atoms with E-state index in [1.807, 2.05) is 24.1 Å². The van der Waals surface area contributed by atoms with Crippen LogP contribution in [0.15, 0.2) is 24.3 Å². The van der Waals surface area contributed by atoms with Gasteiger partial charge in [-0.2, -0.15) is 0 Å². The molecule has 1 unspecified atom stereocenters. The minimum Gasteiger partial charge on any atom is -0.323 e. The smallest absolute Gasteiger partial charge is 0.323 e. The molecule has 4 nitrogen and oxygen atoms in total. The van der Waals surface area contributed by atoms with Crippen molar-refractivity contribution in [3.8, 4) is 0 Å². The Morgan fingerprint density at radius 3 is 3.00 bits per heavy atom. The van der Waals surface area contributed by atoms with Crippen LogP contribution >= 0.6 is 0 Å². The summed E-state index contributed by atoms with van der Waals surface area (Å²) in [7, 11) is 1.88. The summed E-state index contributed by atoms with van der Waals surface area (Å²) < 4.78 is 0. The molecule has 4 heteroatoms. The van der Waals surface area contributed by atoms with Crippen LogP contribution in [0.1, 0.15) is 18.4 Å². The fourth-order valence-electron chi connectivity index (χ4n) is 3.05. The van der Waals surface area contributed by atoms with Crippen LogP contribution in [0, 0.1) is 5.92 Å². The quantitative estimate of drug-likeness (QED) is 0.882. The Balaban J connectivity index is 1.83. The van der Waals surface area contributed by atoms with Crippen LogP contribution in [0.25, 0.3) is 0 Å². The second kappa shape index (κ2) is 5.21. The largest absolute Gasteiger partial charge is 0.324 e. The lowest BCUT2D eigenvalue weighted by atomic mass is 9.98. The molecule has 1 aromatic rings. The van der Waals surface area contributed by atoms with E-state index in [4.69, 9.17) is 0 Å². The molecule has 1 aromatic carbocycles. The average Bonchev–Trinajstić information content (AvgIpc) is 2.45. The van der Waals surface area contributed by atoms with E-state index in [-0.39, 0.29) is 6.03 Å². The lowest BCUT2D eigenvalue weighted by molar-refractivity contribution is 0.208. The molecule has 3 rings (SSSR count). The topological polar surface area (TPSA) is 35.6 Å². The highest BCUT2D eigenvalue weighted by atomic mass is 16.2. The van der Waals surface area contributed by atoms with E-state index in [1.54, 1.807) is 4.90 Å². The molecule has 2 aliphatic heterocycles. The van der Waals surface area contributed by atoms with Gasteiger partial charge in [0.1, 0.15) is 0 Å². The molecule has 2 aliphatic rings. The third-order valence-electron chi connectivity index (χ3n) is 4.09. The van der Waals surface area contributed by atoms with Crippen molar-refractivity contribution in [2.75, 3.05) is 31.6 Å². The number of rotatable bonds is 2. The molecule has 2 heterocycles. The van der Waals surface area contributed by atoms with Gasteiger partial charge in [0, 0.05) is 20.1 Å². The van der Waals surface area contributed by atoms with Gasteiger partial charge in [-0.25, -0.2) is 4.79 Å². The SMILES string of the molecule is CN1Cc2ccccc2N(CC2CCCNC2)C1=O. The lowest BCUT2D eigenvalue weighted by Gasteiger charge is -2.37. The highest BCUT2D eigenvalue weighted by Crippen LogP contribution is 2.29. The van der Waals surface area contributed by atoms with Crippen LogP contribution in [0.4, 0.5) is 10.5 Å². The van der Waals surface area contributed by atoms with Crippen LogP contribution in [0.2, 0.25) is 0 Å². The Bertz CT molecular complexity index is 468. The van der Waals surface area contributed by atoms with Gasteiger partial charge in [0.15, 0.2) is 0 Å². The zero-order chi connectivity index (χ0) is 13.2. The number of para-hydroxylation sites is 1. The Morgan fingerprint density at radius 1 is 1.37 bits per heavy atom. The number of amides is 2. The first-order valence-corrected chi connectivity index (χ1v) is 7.07. The Morgan fingerprint density at radius 2 is 2.21 bits per heavy atom. The van der Waals surface area contributed by atoms with Crippen LogP contribution in [-0.2, 0) is 6.54 Å². The number of fused-ring (bicyclic) bond motifs is 1. The van der Waals surface area contributed by atoms with Gasteiger partial charge in [-0.3, -0.25) is 4.90 Å². The molecule has 0 saturated carbocycles. The van der Waals surface area contributed by atoms with Crippen molar-refractivity contribution < 1.29 is 4.79 Å². The normalized spacial score (nSPS) is 23.4. The monoisotopic (exact) mass is 259 g/mol. The number of hydrogen-bond donors (Lipinski definition) is 1. The first-order chi connectivity index (χ1) is 9.25. The number of benzene rings is 1. The van der Waals surface area contributed by atoms with Crippen LogP contribution in [0.5, 0.6) is 0 Å². The molecule has 0 radical (unpaired) electrons. The first kappa shape index (κ1) is 12.5. The molecule has 0 aromatic heterocycles.